The maximum atomic E-state index is 12.7. The second-order valence-electron chi connectivity index (χ2n) is 5.68. The van der Waals surface area contributed by atoms with Gasteiger partial charge in [-0.3, -0.25) is 9.69 Å². The van der Waals surface area contributed by atoms with Crippen LogP contribution in [0.15, 0.2) is 29.2 Å². The smallest absolute Gasteiger partial charge is 0.255 e. The summed E-state index contributed by atoms with van der Waals surface area (Å²) in [5.41, 5.74) is 0.848. The summed E-state index contributed by atoms with van der Waals surface area (Å²) in [5, 5.41) is 3.42. The minimum atomic E-state index is 0. The number of nitrogens with zero attached hydrogens (tertiary/aromatic N) is 2. The number of nitrogens with one attached hydrogen (secondary N) is 1. The number of carbonyl (C=O) groups is 1. The first-order valence-electron chi connectivity index (χ1n) is 7.66. The first kappa shape index (κ1) is 17.6. The van der Waals surface area contributed by atoms with Gasteiger partial charge in [-0.2, -0.15) is 0 Å². The number of hydrogen-bond donors (Lipinski definition) is 1. The Morgan fingerprint density at radius 1 is 1.23 bits per heavy atom. The lowest BCUT2D eigenvalue weighted by atomic mass is 10.1. The molecule has 1 atom stereocenters. The highest BCUT2D eigenvalue weighted by Crippen LogP contribution is 2.22. The molecule has 2 fully saturated rings. The Bertz CT molecular complexity index is 500. The van der Waals surface area contributed by atoms with Gasteiger partial charge in [0.15, 0.2) is 0 Å². The molecule has 2 heterocycles. The van der Waals surface area contributed by atoms with Gasteiger partial charge >= 0.3 is 0 Å². The van der Waals surface area contributed by atoms with E-state index in [1.807, 2.05) is 35.4 Å². The van der Waals surface area contributed by atoms with Gasteiger partial charge in [-0.15, -0.1) is 24.2 Å². The Labute approximate surface area is 143 Å². The van der Waals surface area contributed by atoms with Gasteiger partial charge in [0.05, 0.1) is 5.56 Å². The number of rotatable bonds is 3. The molecule has 2 saturated heterocycles. The molecule has 0 radical (unpaired) electrons. The Kier molecular flexibility index (Phi) is 6.56. The van der Waals surface area contributed by atoms with E-state index in [0.29, 0.717) is 6.04 Å². The van der Waals surface area contributed by atoms with Crippen molar-refractivity contribution in [2.45, 2.75) is 17.4 Å². The van der Waals surface area contributed by atoms with Crippen LogP contribution in [0.25, 0.3) is 0 Å². The molecule has 4 nitrogen and oxygen atoms in total. The fourth-order valence-electron chi connectivity index (χ4n) is 3.23. The van der Waals surface area contributed by atoms with Crippen LogP contribution < -0.4 is 5.32 Å². The highest BCUT2D eigenvalue weighted by Gasteiger charge is 2.28. The van der Waals surface area contributed by atoms with Gasteiger partial charge in [0.2, 0.25) is 0 Å². The zero-order valence-electron chi connectivity index (χ0n) is 13.0. The summed E-state index contributed by atoms with van der Waals surface area (Å²) in [4.78, 5) is 18.3. The lowest BCUT2D eigenvalue weighted by molar-refractivity contribution is 0.0580. The van der Waals surface area contributed by atoms with E-state index in [4.69, 9.17) is 0 Å². The maximum absolute atomic E-state index is 12.7. The summed E-state index contributed by atoms with van der Waals surface area (Å²) < 4.78 is 0. The SMILES string of the molecule is CSc1ccccc1C(=O)N1CCN(C2CCNC2)CC1.Cl. The van der Waals surface area contributed by atoms with Crippen LogP contribution in [0, 0.1) is 0 Å². The van der Waals surface area contributed by atoms with Gasteiger partial charge in [0.25, 0.3) is 5.91 Å². The molecule has 1 unspecified atom stereocenters. The summed E-state index contributed by atoms with van der Waals surface area (Å²) in [6.45, 7) is 5.92. The Morgan fingerprint density at radius 3 is 2.59 bits per heavy atom. The van der Waals surface area contributed by atoms with Crippen molar-refractivity contribution in [3.05, 3.63) is 29.8 Å². The van der Waals surface area contributed by atoms with Crippen molar-refractivity contribution in [3.63, 3.8) is 0 Å². The van der Waals surface area contributed by atoms with E-state index in [-0.39, 0.29) is 18.3 Å². The first-order valence-corrected chi connectivity index (χ1v) is 8.89. The molecule has 1 N–H and O–H groups in total. The second kappa shape index (κ2) is 8.20. The minimum Gasteiger partial charge on any atom is -0.336 e. The molecule has 1 amide bonds. The normalized spacial score (nSPS) is 22.4. The third-order valence-electron chi connectivity index (χ3n) is 4.49. The van der Waals surface area contributed by atoms with Crippen molar-refractivity contribution in [2.24, 2.45) is 0 Å². The molecule has 0 aromatic heterocycles. The molecular weight excluding hydrogens is 318 g/mol. The van der Waals surface area contributed by atoms with Crippen LogP contribution >= 0.6 is 24.2 Å². The van der Waals surface area contributed by atoms with Crippen molar-refractivity contribution >= 4 is 30.1 Å². The molecular formula is C16H24ClN3OS. The van der Waals surface area contributed by atoms with Crippen LogP contribution in [0.4, 0.5) is 0 Å². The molecule has 2 aliphatic heterocycles. The van der Waals surface area contributed by atoms with Crippen molar-refractivity contribution in [3.8, 4) is 0 Å². The van der Waals surface area contributed by atoms with E-state index in [1.54, 1.807) is 11.8 Å². The van der Waals surface area contributed by atoms with Crippen molar-refractivity contribution in [1.82, 2.24) is 15.1 Å². The van der Waals surface area contributed by atoms with Gasteiger partial charge in [-0.1, -0.05) is 12.1 Å². The van der Waals surface area contributed by atoms with Gasteiger partial charge < -0.3 is 10.2 Å². The zero-order chi connectivity index (χ0) is 14.7. The van der Waals surface area contributed by atoms with Crippen molar-refractivity contribution < 1.29 is 4.79 Å². The van der Waals surface area contributed by atoms with Gasteiger partial charge in [-0.05, 0) is 31.4 Å². The van der Waals surface area contributed by atoms with Crippen LogP contribution in [-0.2, 0) is 0 Å². The van der Waals surface area contributed by atoms with Crippen molar-refractivity contribution in [2.75, 3.05) is 45.5 Å². The summed E-state index contributed by atoms with van der Waals surface area (Å²) in [7, 11) is 0. The fourth-order valence-corrected chi connectivity index (χ4v) is 3.82. The van der Waals surface area contributed by atoms with Gasteiger partial charge in [-0.25, -0.2) is 0 Å². The Morgan fingerprint density at radius 2 is 1.95 bits per heavy atom. The number of thioether (sulfide) groups is 1. The molecule has 1 aromatic rings. The largest absolute Gasteiger partial charge is 0.336 e. The number of carbonyl (C=O) groups excluding carboxylic acids is 1. The predicted molar refractivity (Wildman–Crippen MR) is 94.2 cm³/mol. The first-order chi connectivity index (χ1) is 10.3. The molecule has 122 valence electrons. The minimum absolute atomic E-state index is 0. The van der Waals surface area contributed by atoms with Crippen LogP contribution in [0.5, 0.6) is 0 Å². The van der Waals surface area contributed by atoms with E-state index in [2.05, 4.69) is 10.2 Å². The summed E-state index contributed by atoms with van der Waals surface area (Å²) in [6, 6.07) is 8.58. The molecule has 22 heavy (non-hydrogen) atoms. The van der Waals surface area contributed by atoms with Gasteiger partial charge in [0.1, 0.15) is 0 Å². The third-order valence-corrected chi connectivity index (χ3v) is 5.29. The van der Waals surface area contributed by atoms with E-state index in [0.717, 1.165) is 49.7 Å². The number of amides is 1. The molecule has 6 heteroatoms. The Balaban J connectivity index is 0.00000176. The third kappa shape index (κ3) is 3.77. The van der Waals surface area contributed by atoms with Gasteiger partial charge in [0, 0.05) is 43.7 Å². The average molecular weight is 342 g/mol. The van der Waals surface area contributed by atoms with Crippen LogP contribution in [-0.4, -0.2) is 67.3 Å². The average Bonchev–Trinajstić information content (AvgIpc) is 3.09. The van der Waals surface area contributed by atoms with Crippen LogP contribution in [0.2, 0.25) is 0 Å². The molecule has 0 bridgehead atoms. The second-order valence-corrected chi connectivity index (χ2v) is 6.52. The van der Waals surface area contributed by atoms with E-state index in [9.17, 15) is 4.79 Å². The summed E-state index contributed by atoms with van der Waals surface area (Å²) in [5.74, 6) is 0.184. The van der Waals surface area contributed by atoms with E-state index >= 15 is 0 Å². The summed E-state index contributed by atoms with van der Waals surface area (Å²) in [6.07, 6.45) is 3.26. The van der Waals surface area contributed by atoms with E-state index < -0.39 is 0 Å². The molecule has 2 aliphatic rings. The van der Waals surface area contributed by atoms with Crippen molar-refractivity contribution in [1.29, 1.82) is 0 Å². The summed E-state index contributed by atoms with van der Waals surface area (Å²) >= 11 is 1.64. The topological polar surface area (TPSA) is 35.6 Å². The number of halogens is 1. The predicted octanol–water partition coefficient (Wildman–Crippen LogP) is 1.95. The number of hydrogen-bond acceptors (Lipinski definition) is 4. The zero-order valence-corrected chi connectivity index (χ0v) is 14.6. The molecule has 0 saturated carbocycles. The number of piperazine rings is 1. The lowest BCUT2D eigenvalue weighted by Crippen LogP contribution is -2.52. The molecule has 0 spiro atoms. The molecule has 3 rings (SSSR count). The Hall–Kier alpha value is -0.750. The van der Waals surface area contributed by atoms with Crippen LogP contribution in [0.3, 0.4) is 0 Å². The standard InChI is InChI=1S/C16H23N3OS.ClH/c1-21-15-5-3-2-4-14(15)16(20)19-10-8-18(9-11-19)13-6-7-17-12-13;/h2-5,13,17H,6-12H2,1H3;1H. The highest BCUT2D eigenvalue weighted by atomic mass is 35.5. The molecule has 1 aromatic carbocycles. The van der Waals surface area contributed by atoms with Crippen LogP contribution in [0.1, 0.15) is 16.8 Å². The number of benzene rings is 1. The highest BCUT2D eigenvalue weighted by molar-refractivity contribution is 7.98. The quantitative estimate of drug-likeness (QED) is 0.852. The maximum Gasteiger partial charge on any atom is 0.255 e. The fraction of sp³-hybridized carbons (Fsp3) is 0.562. The molecule has 0 aliphatic carbocycles. The van der Waals surface area contributed by atoms with E-state index in [1.165, 1.54) is 6.42 Å². The lowest BCUT2D eigenvalue weighted by Gasteiger charge is -2.38. The monoisotopic (exact) mass is 341 g/mol.